The first-order valence-corrected chi connectivity index (χ1v) is 24.6. The van der Waals surface area contributed by atoms with Gasteiger partial charge in [-0.3, -0.25) is 0 Å². The van der Waals surface area contributed by atoms with E-state index in [4.69, 9.17) is 141 Å². The van der Waals surface area contributed by atoms with E-state index in [1.54, 1.807) is 0 Å². The maximum absolute atomic E-state index is 7.06. The van der Waals surface area contributed by atoms with E-state index in [9.17, 15) is 0 Å². The van der Waals surface area contributed by atoms with Crippen LogP contribution in [0.2, 0.25) is 0 Å². The van der Waals surface area contributed by atoms with Crippen LogP contribution < -0.4 is 98.3 Å². The van der Waals surface area contributed by atoms with Crippen molar-refractivity contribution in [1.29, 1.82) is 0 Å². The molecule has 0 N–H and O–H groups in total. The van der Waals surface area contributed by atoms with Gasteiger partial charge in [-0.1, -0.05) is 153 Å². The van der Waals surface area contributed by atoms with Crippen molar-refractivity contribution in [3.05, 3.63) is 121 Å². The third kappa shape index (κ3) is 7.40. The zero-order valence-electron chi connectivity index (χ0n) is 41.9. The molecule has 36 radical (unpaired) electrons. The molecule has 0 bridgehead atoms. The van der Waals surface area contributed by atoms with Crippen LogP contribution in [0.15, 0.2) is 121 Å². The second-order valence-corrected chi connectivity index (χ2v) is 19.8. The van der Waals surface area contributed by atoms with Gasteiger partial charge in [0.05, 0.1) is 0 Å². The molecule has 0 amide bonds. The molecule has 0 nitrogen and oxygen atoms in total. The normalized spacial score (nSPS) is 11.7. The van der Waals surface area contributed by atoms with Crippen molar-refractivity contribution in [2.24, 2.45) is 0 Å². The lowest BCUT2D eigenvalue weighted by atomic mass is 9.56. The molecule has 0 saturated carbocycles. The Hall–Kier alpha value is -6.63. The van der Waals surface area contributed by atoms with Crippen molar-refractivity contribution in [3.63, 3.8) is 0 Å². The molecule has 0 aliphatic carbocycles. The van der Waals surface area contributed by atoms with Crippen LogP contribution in [-0.4, -0.2) is 141 Å². The van der Waals surface area contributed by atoms with Crippen molar-refractivity contribution >= 4 is 304 Å². The molecule has 0 aliphatic rings. The summed E-state index contributed by atoms with van der Waals surface area (Å²) >= 11 is 0. The maximum atomic E-state index is 7.06. The van der Waals surface area contributed by atoms with Crippen LogP contribution in [0.1, 0.15) is 0 Å². The summed E-state index contributed by atoms with van der Waals surface area (Å²) in [5.74, 6) is 0. The van der Waals surface area contributed by atoms with Gasteiger partial charge >= 0.3 is 0 Å². The second kappa shape index (κ2) is 19.0. The van der Waals surface area contributed by atoms with E-state index in [-0.39, 0.29) is 120 Å². The van der Waals surface area contributed by atoms with Gasteiger partial charge in [0.1, 0.15) is 141 Å². The van der Waals surface area contributed by atoms with Gasteiger partial charge in [0.25, 0.3) is 0 Å². The summed E-state index contributed by atoms with van der Waals surface area (Å²) in [4.78, 5) is 0. The van der Waals surface area contributed by atoms with E-state index in [1.165, 1.54) is 0 Å². The predicted molar refractivity (Wildman–Crippen MR) is 356 cm³/mol. The van der Waals surface area contributed by atoms with E-state index < -0.39 is 0 Å². The smallest absolute Gasteiger partial charge is 0.112 e. The van der Waals surface area contributed by atoms with Crippen LogP contribution >= 0.6 is 0 Å². The Morgan fingerprint density at radius 2 is 0.462 bits per heavy atom. The van der Waals surface area contributed by atoms with Crippen molar-refractivity contribution in [1.82, 2.24) is 0 Å². The van der Waals surface area contributed by atoms with E-state index in [1.807, 2.05) is 54.6 Å². The van der Waals surface area contributed by atoms with Gasteiger partial charge in [-0.25, -0.2) is 0 Å². The zero-order chi connectivity index (χ0) is 55.2. The Kier molecular flexibility index (Phi) is 12.7. The molecule has 0 atom stereocenters. The molecular formula is C60H20B18. The molecule has 0 fully saturated rings. The molecule has 12 aromatic carbocycles. The van der Waals surface area contributed by atoms with E-state index in [0.717, 1.165) is 70.9 Å². The van der Waals surface area contributed by atoms with Gasteiger partial charge in [-0.05, 0) is 132 Å². The molecule has 0 saturated heterocycles. The molecule has 0 unspecified atom stereocenters. The summed E-state index contributed by atoms with van der Waals surface area (Å²) in [5.41, 5.74) is 8.19. The average Bonchev–Trinajstić information content (AvgIpc) is 3.65. The van der Waals surface area contributed by atoms with Crippen LogP contribution in [0.4, 0.5) is 0 Å². The number of hydrogen-bond donors (Lipinski definition) is 0. The van der Waals surface area contributed by atoms with Crippen LogP contribution in [0, 0.1) is 0 Å². The number of benzene rings is 12. The van der Waals surface area contributed by atoms with Gasteiger partial charge in [-0.15, -0.1) is 54.6 Å². The highest BCUT2D eigenvalue weighted by Crippen LogP contribution is 2.45. The molecule has 0 spiro atoms. The third-order valence-corrected chi connectivity index (χ3v) is 15.8. The van der Waals surface area contributed by atoms with Crippen molar-refractivity contribution in [2.45, 2.75) is 0 Å². The fraction of sp³-hybridized carbons (Fsp3) is 0. The summed E-state index contributed by atoms with van der Waals surface area (Å²) in [7, 11) is 120. The number of hydrogen-bond acceptors (Lipinski definition) is 0. The maximum Gasteiger partial charge on any atom is 0.113 e. The van der Waals surface area contributed by atoms with Crippen molar-refractivity contribution in [2.75, 3.05) is 0 Å². The zero-order valence-corrected chi connectivity index (χ0v) is 41.9. The van der Waals surface area contributed by atoms with Crippen LogP contribution in [0.3, 0.4) is 0 Å². The quantitative estimate of drug-likeness (QED) is 0.120. The van der Waals surface area contributed by atoms with Crippen LogP contribution in [-0.2, 0) is 0 Å². The Bertz CT molecular complexity index is 4520. The van der Waals surface area contributed by atoms with Crippen LogP contribution in [0.25, 0.3) is 120 Å². The summed E-state index contributed by atoms with van der Waals surface area (Å²) in [6.45, 7) is 0. The fourth-order valence-corrected chi connectivity index (χ4v) is 11.8. The van der Waals surface area contributed by atoms with E-state index in [2.05, 4.69) is 66.7 Å². The minimum atomic E-state index is -0.0253. The number of fused-ring (bicyclic) bond motifs is 6. The molecule has 12 aromatic rings. The predicted octanol–water partition coefficient (Wildman–Crippen LogP) is -4.77. The van der Waals surface area contributed by atoms with Gasteiger partial charge < -0.3 is 0 Å². The lowest BCUT2D eigenvalue weighted by Gasteiger charge is -2.31. The molecule has 78 heavy (non-hydrogen) atoms. The average molecular weight is 935 g/mol. The highest BCUT2D eigenvalue weighted by Gasteiger charge is 2.28. The summed E-state index contributed by atoms with van der Waals surface area (Å²) in [6, 6.07) is 41.3. The van der Waals surface area contributed by atoms with E-state index >= 15 is 0 Å². The van der Waals surface area contributed by atoms with Crippen molar-refractivity contribution < 1.29 is 0 Å². The molecular weight excluding hydrogens is 915 g/mol. The van der Waals surface area contributed by atoms with Gasteiger partial charge in [0.15, 0.2) is 0 Å². The summed E-state index contributed by atoms with van der Waals surface area (Å²) in [6.07, 6.45) is 0. The lowest BCUT2D eigenvalue weighted by Crippen LogP contribution is -2.55. The van der Waals surface area contributed by atoms with Gasteiger partial charge in [-0.2, -0.15) is 0 Å². The molecule has 18 heteroatoms. The minimum absolute atomic E-state index is 0.00237. The minimum Gasteiger partial charge on any atom is -0.112 e. The van der Waals surface area contributed by atoms with Gasteiger partial charge in [0.2, 0.25) is 0 Å². The third-order valence-electron chi connectivity index (χ3n) is 15.8. The molecule has 12 rings (SSSR count). The first kappa shape index (κ1) is 52.1. The monoisotopic (exact) mass is 938 g/mol. The molecule has 0 aromatic heterocycles. The van der Waals surface area contributed by atoms with E-state index in [0.29, 0.717) is 27.5 Å². The molecule has 314 valence electrons. The Morgan fingerprint density at radius 3 is 0.821 bits per heavy atom. The fourth-order valence-electron chi connectivity index (χ4n) is 11.8. The summed E-state index contributed by atoms with van der Waals surface area (Å²) in [5, 5.41) is 8.92. The topological polar surface area (TPSA) is 0 Å². The Morgan fingerprint density at radius 1 is 0.179 bits per heavy atom. The summed E-state index contributed by atoms with van der Waals surface area (Å²) < 4.78 is 0. The Labute approximate surface area is 478 Å². The number of rotatable bonds is 5. The SMILES string of the molecule is [B]c1c([B])c([B])c(-c2c3ccccc3c(-c3ccc4c(-c5cccc6cc(-c7c8c([B])c([B])c([B])c([B])c8c(-c8c([B])c([B])c([B])c([B])c8[B])c8c([B])c([B])c([B])c([B])c78)ccc56)cccc4c3)c3ccccc23)c([B])c1[B]. The van der Waals surface area contributed by atoms with Crippen molar-refractivity contribution in [3.8, 4) is 55.6 Å². The molecule has 0 aliphatic heterocycles. The lowest BCUT2D eigenvalue weighted by molar-refractivity contribution is 1.67. The Balaban J connectivity index is 1.08. The first-order valence-electron chi connectivity index (χ1n) is 24.6. The molecule has 0 heterocycles. The largest absolute Gasteiger partial charge is 0.113 e. The van der Waals surface area contributed by atoms with Crippen LogP contribution in [0.5, 0.6) is 0 Å². The standard InChI is InChI=1S/C60H20B18/c61-43-37-34(38-40(46(64)54(72)52(70)44(38)62)36(39(37)45(63)53(71)51(43)69)42-49(67)57(75)60(78)58(76)50(42)68)24-16-18-26-22(20-24)8-6-14-28(26)27-13-5-7-21-19-23(15-17-25(21)27)33-29-9-1-3-11-31(29)35(32-12-4-2-10-30(32)33)41-47(65)55(73)59(77)56(74)48(41)66/h1-20H. The second-order valence-electron chi connectivity index (χ2n) is 19.8. The highest BCUT2D eigenvalue weighted by atomic mass is 14.3. The van der Waals surface area contributed by atoms with Gasteiger partial charge in [0, 0.05) is 0 Å². The highest BCUT2D eigenvalue weighted by molar-refractivity contribution is 6.74. The first-order chi connectivity index (χ1) is 37.3.